The standard InChI is InChI=1S/C26H32N4O6S/c1-26(2,3)36-25(28-4)21(16-24(31)32)30-37(33,34)23-11-10-18(27)15-22(23)35-14-12-17-7-5-9-20-19(17)8-6-13-29-20/h5-11,13,15,21,30H,12,14,16,27H2,1-4H3,(H,31,32). The van der Waals surface area contributed by atoms with Crippen molar-refractivity contribution in [1.29, 1.82) is 0 Å². The molecule has 0 amide bonds. The Bertz CT molecular complexity index is 1390. The van der Waals surface area contributed by atoms with Crippen molar-refractivity contribution in [3.8, 4) is 5.75 Å². The Morgan fingerprint density at radius 2 is 1.95 bits per heavy atom. The van der Waals surface area contributed by atoms with Gasteiger partial charge < -0.3 is 20.3 Å². The van der Waals surface area contributed by atoms with Crippen LogP contribution in [0, 0.1) is 0 Å². The van der Waals surface area contributed by atoms with Gasteiger partial charge >= 0.3 is 5.97 Å². The van der Waals surface area contributed by atoms with E-state index in [1.165, 1.54) is 25.2 Å². The fourth-order valence-electron chi connectivity index (χ4n) is 3.71. The van der Waals surface area contributed by atoms with Crippen LogP contribution in [-0.2, 0) is 26.0 Å². The molecule has 0 bridgehead atoms. The number of sulfonamides is 1. The van der Waals surface area contributed by atoms with Gasteiger partial charge in [0.05, 0.1) is 18.5 Å². The molecule has 0 radical (unpaired) electrons. The van der Waals surface area contributed by atoms with Crippen molar-refractivity contribution in [1.82, 2.24) is 9.71 Å². The molecule has 1 unspecified atom stereocenters. The third-order valence-corrected chi connectivity index (χ3v) is 6.74. The number of nitrogen functional groups attached to an aromatic ring is 1. The lowest BCUT2D eigenvalue weighted by Crippen LogP contribution is -2.45. The number of pyridine rings is 1. The molecule has 0 aliphatic carbocycles. The first-order chi connectivity index (χ1) is 17.4. The molecule has 0 aliphatic heterocycles. The van der Waals surface area contributed by atoms with Crippen LogP contribution in [-0.4, -0.2) is 55.7 Å². The summed E-state index contributed by atoms with van der Waals surface area (Å²) in [4.78, 5) is 19.7. The smallest absolute Gasteiger partial charge is 0.305 e. The van der Waals surface area contributed by atoms with Gasteiger partial charge in [-0.1, -0.05) is 18.2 Å². The Morgan fingerprint density at radius 3 is 2.62 bits per heavy atom. The highest BCUT2D eigenvalue weighted by atomic mass is 32.2. The van der Waals surface area contributed by atoms with Crippen LogP contribution in [0.1, 0.15) is 32.8 Å². The summed E-state index contributed by atoms with van der Waals surface area (Å²) >= 11 is 0. The van der Waals surface area contributed by atoms with Gasteiger partial charge in [-0.3, -0.25) is 14.8 Å². The van der Waals surface area contributed by atoms with Crippen LogP contribution in [0.15, 0.2) is 64.6 Å². The third-order valence-electron chi connectivity index (χ3n) is 5.23. The molecule has 10 nitrogen and oxygen atoms in total. The molecule has 3 rings (SSSR count). The number of aromatic nitrogens is 1. The lowest BCUT2D eigenvalue weighted by Gasteiger charge is -2.27. The first-order valence-corrected chi connectivity index (χ1v) is 13.1. The number of ether oxygens (including phenoxy) is 2. The van der Waals surface area contributed by atoms with Gasteiger partial charge in [-0.15, -0.1) is 0 Å². The van der Waals surface area contributed by atoms with Crippen LogP contribution >= 0.6 is 0 Å². The van der Waals surface area contributed by atoms with Gasteiger partial charge in [-0.25, -0.2) is 8.42 Å². The number of hydrogen-bond acceptors (Lipinski definition) is 8. The second-order valence-electron chi connectivity index (χ2n) is 9.34. The third kappa shape index (κ3) is 7.64. The number of hydrogen-bond donors (Lipinski definition) is 3. The second kappa shape index (κ2) is 11.6. The lowest BCUT2D eigenvalue weighted by molar-refractivity contribution is -0.137. The van der Waals surface area contributed by atoms with Gasteiger partial charge in [0.15, 0.2) is 0 Å². The molecule has 198 valence electrons. The number of nitrogens with zero attached hydrogens (tertiary/aromatic N) is 2. The van der Waals surface area contributed by atoms with E-state index in [0.29, 0.717) is 12.1 Å². The number of nitrogens with one attached hydrogen (secondary N) is 1. The lowest BCUT2D eigenvalue weighted by atomic mass is 10.1. The quantitative estimate of drug-likeness (QED) is 0.206. The van der Waals surface area contributed by atoms with Crippen molar-refractivity contribution < 1.29 is 27.8 Å². The molecule has 2 aromatic carbocycles. The Labute approximate surface area is 216 Å². The summed E-state index contributed by atoms with van der Waals surface area (Å²) in [7, 11) is -2.85. The van der Waals surface area contributed by atoms with E-state index < -0.39 is 34.1 Å². The van der Waals surface area contributed by atoms with Crippen LogP contribution in [0.3, 0.4) is 0 Å². The molecule has 1 atom stereocenters. The molecule has 1 aromatic heterocycles. The Hall–Kier alpha value is -3.70. The van der Waals surface area contributed by atoms with Gasteiger partial charge in [0, 0.05) is 36.8 Å². The van der Waals surface area contributed by atoms with Crippen molar-refractivity contribution >= 4 is 38.5 Å². The largest absolute Gasteiger partial charge is 0.492 e. The normalized spacial score (nSPS) is 13.4. The van der Waals surface area contributed by atoms with Crippen molar-refractivity contribution in [2.45, 2.75) is 50.2 Å². The van der Waals surface area contributed by atoms with Gasteiger partial charge in [0.2, 0.25) is 15.9 Å². The highest BCUT2D eigenvalue weighted by molar-refractivity contribution is 7.89. The summed E-state index contributed by atoms with van der Waals surface area (Å²) in [6.07, 6.45) is 1.65. The molecular weight excluding hydrogens is 496 g/mol. The van der Waals surface area contributed by atoms with E-state index in [1.807, 2.05) is 30.3 Å². The first-order valence-electron chi connectivity index (χ1n) is 11.6. The predicted octanol–water partition coefficient (Wildman–Crippen LogP) is 3.40. The number of nitrogens with two attached hydrogens (primary N) is 1. The maximum absolute atomic E-state index is 13.4. The molecule has 37 heavy (non-hydrogen) atoms. The number of fused-ring (bicyclic) bond motifs is 1. The Kier molecular flexibility index (Phi) is 8.72. The first kappa shape index (κ1) is 27.9. The summed E-state index contributed by atoms with van der Waals surface area (Å²) in [6.45, 7) is 5.43. The second-order valence-corrected chi connectivity index (χ2v) is 11.0. The van der Waals surface area contributed by atoms with Crippen molar-refractivity contribution in [2.75, 3.05) is 19.4 Å². The van der Waals surface area contributed by atoms with E-state index >= 15 is 0 Å². The monoisotopic (exact) mass is 528 g/mol. The van der Waals surface area contributed by atoms with Crippen molar-refractivity contribution in [3.63, 3.8) is 0 Å². The minimum Gasteiger partial charge on any atom is -0.492 e. The minimum atomic E-state index is -4.26. The fourth-order valence-corrected chi connectivity index (χ4v) is 5.02. The van der Waals surface area contributed by atoms with E-state index in [0.717, 1.165) is 16.5 Å². The highest BCUT2D eigenvalue weighted by Crippen LogP contribution is 2.28. The fraction of sp³-hybridized carbons (Fsp3) is 0.346. The SMILES string of the molecule is CN=C(OC(C)(C)C)C(CC(=O)O)NS(=O)(=O)c1ccc(N)cc1OCCc1cccc2ncccc12. The number of anilines is 1. The number of carboxylic acids is 1. The van der Waals surface area contributed by atoms with Crippen LogP contribution in [0.25, 0.3) is 10.9 Å². The predicted molar refractivity (Wildman–Crippen MR) is 142 cm³/mol. The molecule has 3 aromatic rings. The molecule has 4 N–H and O–H groups in total. The molecule has 0 saturated heterocycles. The highest BCUT2D eigenvalue weighted by Gasteiger charge is 2.31. The Morgan fingerprint density at radius 1 is 1.19 bits per heavy atom. The minimum absolute atomic E-state index is 0.0408. The molecular formula is C26H32N4O6S. The summed E-state index contributed by atoms with van der Waals surface area (Å²) in [5.74, 6) is -1.21. The van der Waals surface area contributed by atoms with E-state index in [-0.39, 0.29) is 23.1 Å². The van der Waals surface area contributed by atoms with E-state index in [9.17, 15) is 18.3 Å². The average Bonchev–Trinajstić information content (AvgIpc) is 2.81. The molecule has 0 fully saturated rings. The maximum atomic E-state index is 13.4. The molecule has 0 spiro atoms. The van der Waals surface area contributed by atoms with Gasteiger partial charge in [0.25, 0.3) is 0 Å². The number of aliphatic carboxylic acids is 1. The average molecular weight is 529 g/mol. The number of carboxylic acid groups (broad SMARTS) is 1. The zero-order valence-electron chi connectivity index (χ0n) is 21.3. The number of rotatable bonds is 10. The zero-order chi connectivity index (χ0) is 27.2. The molecule has 1 heterocycles. The van der Waals surface area contributed by atoms with Gasteiger partial charge in [-0.2, -0.15) is 4.72 Å². The molecule has 0 saturated carbocycles. The van der Waals surface area contributed by atoms with E-state index in [2.05, 4.69) is 14.7 Å². The number of carbonyl (C=O) groups is 1. The van der Waals surface area contributed by atoms with Crippen molar-refractivity contribution in [2.24, 2.45) is 4.99 Å². The summed E-state index contributed by atoms with van der Waals surface area (Å²) in [6, 6.07) is 12.5. The van der Waals surface area contributed by atoms with E-state index in [4.69, 9.17) is 15.2 Å². The zero-order valence-corrected chi connectivity index (χ0v) is 22.1. The molecule has 0 aliphatic rings. The van der Waals surface area contributed by atoms with Crippen LogP contribution < -0.4 is 15.2 Å². The van der Waals surface area contributed by atoms with Crippen molar-refractivity contribution in [3.05, 3.63) is 60.3 Å². The van der Waals surface area contributed by atoms with E-state index in [1.54, 1.807) is 27.0 Å². The topological polar surface area (TPSA) is 153 Å². The van der Waals surface area contributed by atoms with Crippen LogP contribution in [0.4, 0.5) is 5.69 Å². The maximum Gasteiger partial charge on any atom is 0.305 e. The number of aliphatic imine (C=N–C) groups is 1. The summed E-state index contributed by atoms with van der Waals surface area (Å²) in [5, 5.41) is 10.4. The Balaban J connectivity index is 1.85. The van der Waals surface area contributed by atoms with Crippen LogP contribution in [0.2, 0.25) is 0 Å². The van der Waals surface area contributed by atoms with Gasteiger partial charge in [0.1, 0.15) is 22.3 Å². The number of benzene rings is 2. The molecule has 11 heteroatoms. The summed E-state index contributed by atoms with van der Waals surface area (Å²) < 4.78 is 40.8. The van der Waals surface area contributed by atoms with Crippen LogP contribution in [0.5, 0.6) is 5.75 Å². The summed E-state index contributed by atoms with van der Waals surface area (Å²) in [5.41, 5.74) is 7.37. The van der Waals surface area contributed by atoms with Gasteiger partial charge in [-0.05, 0) is 50.6 Å².